The molecule has 0 spiro atoms. The quantitative estimate of drug-likeness (QED) is 0.462. The van der Waals surface area contributed by atoms with Gasteiger partial charge in [-0.15, -0.1) is 12.1 Å². The fourth-order valence-electron chi connectivity index (χ4n) is 0.400. The van der Waals surface area contributed by atoms with Crippen molar-refractivity contribution in [3.63, 3.8) is 0 Å². The van der Waals surface area contributed by atoms with Crippen molar-refractivity contribution in [2.75, 3.05) is 5.73 Å². The molecule has 0 saturated carbocycles. The molecule has 1 aromatic rings. The summed E-state index contributed by atoms with van der Waals surface area (Å²) in [6, 6.07) is 10.0. The third kappa shape index (κ3) is 3.79. The number of nitrogens with zero attached hydrogens (tertiary/aromatic N) is 1. The maximum atomic E-state index is 6.69. The van der Waals surface area contributed by atoms with Crippen molar-refractivity contribution >= 4 is 5.69 Å². The summed E-state index contributed by atoms with van der Waals surface area (Å²) >= 11 is 2.56. The first-order valence-corrected chi connectivity index (χ1v) is 2.72. The average molecular weight is 165 g/mol. The van der Waals surface area contributed by atoms with Crippen molar-refractivity contribution < 1.29 is 15.4 Å². The fourth-order valence-corrected chi connectivity index (χ4v) is 0.400. The van der Waals surface area contributed by atoms with Gasteiger partial charge in [-0.2, -0.15) is 18.2 Å². The van der Waals surface area contributed by atoms with Crippen LogP contribution in [0, 0.1) is 10.3 Å². The molecule has 0 atom stereocenters. The molecule has 3 heteroatoms. The van der Waals surface area contributed by atoms with Gasteiger partial charge in [0.1, 0.15) is 0 Å². The Bertz CT molecular complexity index is 171. The van der Waals surface area contributed by atoms with E-state index in [4.69, 9.17) is 9.97 Å². The SMILES string of the molecule is Nc1cc[c-]cc1.[N]#[Co]. The van der Waals surface area contributed by atoms with Crippen LogP contribution in [0.5, 0.6) is 0 Å². The standard InChI is InChI=1S/C6H6N.Co.N/c7-6-4-2-1-3-5-6;;/h2-5H,7H2;;/q-1;;. The van der Waals surface area contributed by atoms with Gasteiger partial charge in [-0.1, -0.05) is 5.69 Å². The van der Waals surface area contributed by atoms with E-state index in [1.165, 1.54) is 0 Å². The van der Waals surface area contributed by atoms with Gasteiger partial charge in [0.15, 0.2) is 0 Å². The molecule has 0 radical (unpaired) electrons. The van der Waals surface area contributed by atoms with Gasteiger partial charge in [-0.25, -0.2) is 0 Å². The number of rotatable bonds is 0. The summed E-state index contributed by atoms with van der Waals surface area (Å²) in [5.74, 6) is 0. The van der Waals surface area contributed by atoms with Gasteiger partial charge in [0, 0.05) is 0 Å². The number of hydrogen-bond acceptors (Lipinski definition) is 2. The van der Waals surface area contributed by atoms with E-state index in [1.807, 2.05) is 0 Å². The molecule has 0 aliphatic carbocycles. The summed E-state index contributed by atoms with van der Waals surface area (Å²) in [7, 11) is 0. The summed E-state index contributed by atoms with van der Waals surface area (Å²) in [5.41, 5.74) is 6.13. The zero-order chi connectivity index (χ0) is 7.11. The molecule has 0 amide bonds. The van der Waals surface area contributed by atoms with Crippen LogP contribution >= 0.6 is 0 Å². The number of nitrogen functional groups attached to an aromatic ring is 1. The van der Waals surface area contributed by atoms with E-state index in [9.17, 15) is 0 Å². The van der Waals surface area contributed by atoms with Crippen molar-refractivity contribution in [2.45, 2.75) is 0 Å². The summed E-state index contributed by atoms with van der Waals surface area (Å²) in [6.45, 7) is 0. The second-order valence-electron chi connectivity index (χ2n) is 1.33. The summed E-state index contributed by atoms with van der Waals surface area (Å²) in [5, 5.41) is 0. The van der Waals surface area contributed by atoms with Crippen molar-refractivity contribution in [1.29, 1.82) is 4.23 Å². The molecule has 2 nitrogen and oxygen atoms in total. The predicted molar refractivity (Wildman–Crippen MR) is 31.4 cm³/mol. The van der Waals surface area contributed by atoms with Crippen molar-refractivity contribution in [1.82, 2.24) is 0 Å². The van der Waals surface area contributed by atoms with E-state index < -0.39 is 0 Å². The molecule has 0 fully saturated rings. The molecule has 0 heterocycles. The van der Waals surface area contributed by atoms with Crippen molar-refractivity contribution in [3.05, 3.63) is 30.3 Å². The van der Waals surface area contributed by atoms with Crippen LogP contribution in [0.3, 0.4) is 0 Å². The maximum absolute atomic E-state index is 6.69. The Hall–Kier alpha value is -0.764. The van der Waals surface area contributed by atoms with E-state index in [0.29, 0.717) is 0 Å². The molecular formula is C6H6CoN2-. The van der Waals surface area contributed by atoms with E-state index >= 15 is 0 Å². The first-order chi connectivity index (χ1) is 4.39. The molecule has 0 aromatic heterocycles. The van der Waals surface area contributed by atoms with Crippen molar-refractivity contribution in [2.24, 2.45) is 0 Å². The van der Waals surface area contributed by atoms with Gasteiger partial charge in [-0.05, 0) is 0 Å². The van der Waals surface area contributed by atoms with Gasteiger partial charge in [0.25, 0.3) is 0 Å². The van der Waals surface area contributed by atoms with Crippen LogP contribution in [-0.4, -0.2) is 0 Å². The van der Waals surface area contributed by atoms with E-state index in [0.717, 1.165) is 5.69 Å². The van der Waals surface area contributed by atoms with Gasteiger partial charge in [0.2, 0.25) is 0 Å². The number of benzene rings is 1. The van der Waals surface area contributed by atoms with Crippen LogP contribution in [0.1, 0.15) is 0 Å². The summed E-state index contributed by atoms with van der Waals surface area (Å²) in [6.07, 6.45) is 0. The van der Waals surface area contributed by atoms with Crippen LogP contribution in [0.4, 0.5) is 5.69 Å². The van der Waals surface area contributed by atoms with Crippen LogP contribution in [0.15, 0.2) is 24.3 Å². The number of hydrogen-bond donors (Lipinski definition) is 1. The van der Waals surface area contributed by atoms with E-state index in [2.05, 4.69) is 21.4 Å². The molecule has 0 unspecified atom stereocenters. The third-order valence-electron chi connectivity index (χ3n) is 0.744. The molecule has 0 saturated heterocycles. The first kappa shape index (κ1) is 8.24. The molecule has 0 aliphatic rings. The molecule has 0 bridgehead atoms. The predicted octanol–water partition coefficient (Wildman–Crippen LogP) is 1.08. The van der Waals surface area contributed by atoms with Crippen LogP contribution in [0.25, 0.3) is 0 Å². The average Bonchev–Trinajstić information content (AvgIpc) is 1.94. The second-order valence-corrected chi connectivity index (χ2v) is 1.33. The van der Waals surface area contributed by atoms with Crippen LogP contribution in [0.2, 0.25) is 0 Å². The monoisotopic (exact) mass is 165 g/mol. The normalized spacial score (nSPS) is 7.11. The number of nitrogens with two attached hydrogens (primary N) is 1. The van der Waals surface area contributed by atoms with Crippen molar-refractivity contribution in [3.8, 4) is 0 Å². The molecule has 2 N–H and O–H groups in total. The Morgan fingerprint density at radius 3 is 2.00 bits per heavy atom. The van der Waals surface area contributed by atoms with Gasteiger partial charge in [-0.3, -0.25) is 0 Å². The fraction of sp³-hybridized carbons (Fsp3) is 0. The molecule has 1 rings (SSSR count). The Balaban J connectivity index is 0.000000291. The second kappa shape index (κ2) is 5.37. The Morgan fingerprint density at radius 1 is 1.33 bits per heavy atom. The molecular weight excluding hydrogens is 159 g/mol. The molecule has 1 aromatic carbocycles. The Labute approximate surface area is 61.9 Å². The number of anilines is 1. The van der Waals surface area contributed by atoms with Gasteiger partial charge in [0.05, 0.1) is 0 Å². The van der Waals surface area contributed by atoms with E-state index in [-0.39, 0.29) is 0 Å². The minimum absolute atomic E-state index is 0.791. The molecule has 9 heavy (non-hydrogen) atoms. The topological polar surface area (TPSA) is 49.8 Å². The van der Waals surface area contributed by atoms with E-state index in [1.54, 1.807) is 24.3 Å². The Morgan fingerprint density at radius 2 is 1.78 bits per heavy atom. The van der Waals surface area contributed by atoms with Gasteiger partial charge >= 0.3 is 19.6 Å². The summed E-state index contributed by atoms with van der Waals surface area (Å²) in [4.78, 5) is 0. The minimum atomic E-state index is 0.791. The first-order valence-electron chi connectivity index (χ1n) is 2.26. The van der Waals surface area contributed by atoms with Crippen LogP contribution < -0.4 is 5.73 Å². The van der Waals surface area contributed by atoms with Gasteiger partial charge < -0.3 is 5.73 Å². The molecule has 0 aliphatic heterocycles. The Kier molecular flexibility index (Phi) is 4.92. The zero-order valence-electron chi connectivity index (χ0n) is 4.67. The van der Waals surface area contributed by atoms with Crippen LogP contribution in [-0.2, 0) is 15.4 Å². The zero-order valence-corrected chi connectivity index (χ0v) is 5.71. The molecule has 50 valence electrons. The third-order valence-corrected chi connectivity index (χ3v) is 0.744. The summed E-state index contributed by atoms with van der Waals surface area (Å²) < 4.78 is 6.69.